The zero-order chi connectivity index (χ0) is 21.2. The molecule has 0 bridgehead atoms. The molecule has 0 aromatic heterocycles. The molecule has 3 rings (SSSR count). The first-order valence-electron chi connectivity index (χ1n) is 9.22. The Kier molecular flexibility index (Phi) is 5.74. The zero-order valence-corrected chi connectivity index (χ0v) is 16.6. The van der Waals surface area contributed by atoms with Crippen LogP contribution in [0.2, 0.25) is 0 Å². The summed E-state index contributed by atoms with van der Waals surface area (Å²) in [6.07, 6.45) is -1.13. The monoisotopic (exact) mass is 401 g/mol. The molecule has 1 saturated heterocycles. The van der Waals surface area contributed by atoms with Gasteiger partial charge in [-0.25, -0.2) is 9.18 Å². The molecule has 2 aromatic rings. The molecule has 0 saturated carbocycles. The third-order valence-corrected chi connectivity index (χ3v) is 5.42. The van der Waals surface area contributed by atoms with Crippen LogP contribution < -0.4 is 15.0 Å². The molecule has 1 unspecified atom stereocenters. The van der Waals surface area contributed by atoms with Gasteiger partial charge in [-0.15, -0.1) is 0 Å². The van der Waals surface area contributed by atoms with Crippen LogP contribution in [-0.2, 0) is 4.79 Å². The summed E-state index contributed by atoms with van der Waals surface area (Å²) in [5.41, 5.74) is 1.11. The van der Waals surface area contributed by atoms with Gasteiger partial charge in [0, 0.05) is 18.8 Å². The minimum absolute atomic E-state index is 0.189. The smallest absolute Gasteiger partial charge is 0.409 e. The number of nitrogens with zero attached hydrogens (tertiary/aromatic N) is 2. The van der Waals surface area contributed by atoms with Gasteiger partial charge in [0.1, 0.15) is 0 Å². The lowest BCUT2D eigenvalue weighted by Crippen LogP contribution is -2.73. The molecular weight excluding hydrogens is 377 g/mol. The van der Waals surface area contributed by atoms with Crippen molar-refractivity contribution in [2.75, 3.05) is 38.7 Å². The second-order valence-electron chi connectivity index (χ2n) is 6.92. The number of carbonyl (C=O) groups is 2. The normalized spacial score (nSPS) is 19.2. The van der Waals surface area contributed by atoms with Gasteiger partial charge in [0.15, 0.2) is 23.0 Å². The highest BCUT2D eigenvalue weighted by atomic mass is 19.1. The molecule has 2 N–H and O–H groups in total. The maximum Gasteiger partial charge on any atom is 0.409 e. The van der Waals surface area contributed by atoms with Gasteiger partial charge in [-0.1, -0.05) is 18.2 Å². The van der Waals surface area contributed by atoms with E-state index in [2.05, 4.69) is 5.32 Å². The van der Waals surface area contributed by atoms with E-state index in [1.165, 1.54) is 20.1 Å². The van der Waals surface area contributed by atoms with Crippen molar-refractivity contribution in [3.05, 3.63) is 48.3 Å². The number of halogens is 1. The van der Waals surface area contributed by atoms with Crippen LogP contribution in [0.15, 0.2) is 42.5 Å². The van der Waals surface area contributed by atoms with Gasteiger partial charge in [-0.2, -0.15) is 0 Å². The molecule has 154 valence electrons. The Bertz CT molecular complexity index is 919. The van der Waals surface area contributed by atoms with Crippen molar-refractivity contribution in [2.24, 2.45) is 0 Å². The lowest BCUT2D eigenvalue weighted by molar-refractivity contribution is -0.130. The van der Waals surface area contributed by atoms with Gasteiger partial charge in [0.25, 0.3) is 0 Å². The third-order valence-electron chi connectivity index (χ3n) is 5.42. The van der Waals surface area contributed by atoms with Gasteiger partial charge < -0.3 is 14.7 Å². The first-order chi connectivity index (χ1) is 13.8. The molecule has 1 amide bonds. The van der Waals surface area contributed by atoms with Crippen molar-refractivity contribution in [1.82, 2.24) is 10.2 Å². The third kappa shape index (κ3) is 3.75. The number of ketones is 1. The average Bonchev–Trinajstić information content (AvgIpc) is 2.73. The number of hydrogen-bond acceptors (Lipinski definition) is 5. The van der Waals surface area contributed by atoms with Crippen LogP contribution in [0, 0.1) is 5.82 Å². The van der Waals surface area contributed by atoms with E-state index in [0.717, 1.165) is 21.7 Å². The number of ether oxygens (including phenoxy) is 1. The Hall–Kier alpha value is -3.13. The van der Waals surface area contributed by atoms with Crippen molar-refractivity contribution in [3.8, 4) is 16.9 Å². The lowest BCUT2D eigenvalue weighted by atomic mass is 9.99. The van der Waals surface area contributed by atoms with Gasteiger partial charge in [0.2, 0.25) is 0 Å². The molecule has 0 radical (unpaired) electrons. The number of carbonyl (C=O) groups excluding carboxylic acids is 1. The number of anilines is 1. The molecule has 2 aromatic carbocycles. The van der Waals surface area contributed by atoms with Gasteiger partial charge in [-0.05, 0) is 49.4 Å². The van der Waals surface area contributed by atoms with E-state index < -0.39 is 17.6 Å². The van der Waals surface area contributed by atoms with Gasteiger partial charge in [0.05, 0.1) is 13.7 Å². The number of Topliss-reactive ketones (excluding diaryl/α,β-unsaturated/α-hetero) is 1. The first-order valence-corrected chi connectivity index (χ1v) is 9.22. The summed E-state index contributed by atoms with van der Waals surface area (Å²) in [5, 5.41) is 12.4. The summed E-state index contributed by atoms with van der Waals surface area (Å²) in [5.74, 6) is -0.508. The molecular formula is C21H24FN3O4. The summed E-state index contributed by atoms with van der Waals surface area (Å²) in [7, 11) is 3.01. The number of amides is 1. The fourth-order valence-corrected chi connectivity index (χ4v) is 3.73. The standard InChI is InChI=1S/C21H24FN3O4/c1-14(26)21(23-2)13-24(10-11-25(21)20(27)28)17-7-4-15(5-8-17)16-6-9-19(29-3)18(22)12-16/h4-9,12,23H,10-11,13H2,1-3H3,(H,27,28). The predicted octanol–water partition coefficient (Wildman–Crippen LogP) is 2.81. The van der Waals surface area contributed by atoms with E-state index in [-0.39, 0.29) is 24.6 Å². The molecule has 1 aliphatic rings. The highest BCUT2D eigenvalue weighted by Crippen LogP contribution is 2.29. The first kappa shape index (κ1) is 20.6. The van der Waals surface area contributed by atoms with E-state index >= 15 is 0 Å². The van der Waals surface area contributed by atoms with Crippen molar-refractivity contribution in [3.63, 3.8) is 0 Å². The number of benzene rings is 2. The van der Waals surface area contributed by atoms with Crippen molar-refractivity contribution >= 4 is 17.6 Å². The maximum absolute atomic E-state index is 14.0. The minimum atomic E-state index is -1.30. The molecule has 8 heteroatoms. The van der Waals surface area contributed by atoms with Crippen molar-refractivity contribution < 1.29 is 23.8 Å². The zero-order valence-electron chi connectivity index (χ0n) is 16.6. The Morgan fingerprint density at radius 1 is 1.14 bits per heavy atom. The van der Waals surface area contributed by atoms with Gasteiger partial charge >= 0.3 is 6.09 Å². The fraction of sp³-hybridized carbons (Fsp3) is 0.333. The average molecular weight is 401 g/mol. The largest absolute Gasteiger partial charge is 0.494 e. The van der Waals surface area contributed by atoms with Crippen LogP contribution in [0.4, 0.5) is 14.9 Å². The number of piperazine rings is 1. The Morgan fingerprint density at radius 3 is 2.31 bits per heavy atom. The molecule has 1 atom stereocenters. The molecule has 1 fully saturated rings. The molecule has 29 heavy (non-hydrogen) atoms. The highest BCUT2D eigenvalue weighted by molar-refractivity contribution is 5.90. The SMILES string of the molecule is CNC1(C(C)=O)CN(c2ccc(-c3ccc(OC)c(F)c3)cc2)CCN1C(=O)O. The Labute approximate surface area is 168 Å². The second-order valence-corrected chi connectivity index (χ2v) is 6.92. The van der Waals surface area contributed by atoms with Crippen LogP contribution in [-0.4, -0.2) is 61.3 Å². The van der Waals surface area contributed by atoms with E-state index in [1.54, 1.807) is 19.2 Å². The number of nitrogens with one attached hydrogen (secondary N) is 1. The summed E-state index contributed by atoms with van der Waals surface area (Å²) in [6.45, 7) is 2.24. The summed E-state index contributed by atoms with van der Waals surface area (Å²) in [4.78, 5) is 27.1. The van der Waals surface area contributed by atoms with E-state index in [0.29, 0.717) is 6.54 Å². The van der Waals surface area contributed by atoms with Crippen molar-refractivity contribution in [2.45, 2.75) is 12.6 Å². The number of rotatable bonds is 5. The van der Waals surface area contributed by atoms with E-state index in [1.807, 2.05) is 29.2 Å². The Morgan fingerprint density at radius 2 is 1.79 bits per heavy atom. The van der Waals surface area contributed by atoms with Crippen molar-refractivity contribution in [1.29, 1.82) is 0 Å². The highest BCUT2D eigenvalue weighted by Gasteiger charge is 2.47. The lowest BCUT2D eigenvalue weighted by Gasteiger charge is -2.48. The molecule has 7 nitrogen and oxygen atoms in total. The van der Waals surface area contributed by atoms with Crippen LogP contribution in [0.5, 0.6) is 5.75 Å². The molecule has 1 heterocycles. The molecule has 0 aliphatic carbocycles. The topological polar surface area (TPSA) is 82.1 Å². The van der Waals surface area contributed by atoms with Crippen LogP contribution in [0.25, 0.3) is 11.1 Å². The quantitative estimate of drug-likeness (QED) is 0.802. The van der Waals surface area contributed by atoms with E-state index in [4.69, 9.17) is 4.74 Å². The van der Waals surface area contributed by atoms with E-state index in [9.17, 15) is 19.1 Å². The molecule has 0 spiro atoms. The number of likely N-dealkylation sites (N-methyl/N-ethyl adjacent to an activating group) is 1. The molecule has 1 aliphatic heterocycles. The van der Waals surface area contributed by atoms with Crippen LogP contribution in [0.3, 0.4) is 0 Å². The van der Waals surface area contributed by atoms with Gasteiger partial charge in [-0.3, -0.25) is 15.0 Å². The summed E-state index contributed by atoms with van der Waals surface area (Å²) in [6, 6.07) is 12.3. The van der Waals surface area contributed by atoms with Crippen LogP contribution in [0.1, 0.15) is 6.92 Å². The Balaban J connectivity index is 1.85. The minimum Gasteiger partial charge on any atom is -0.494 e. The van der Waals surface area contributed by atoms with Crippen LogP contribution >= 0.6 is 0 Å². The summed E-state index contributed by atoms with van der Waals surface area (Å²) >= 11 is 0. The number of hydrogen-bond donors (Lipinski definition) is 2. The number of methoxy groups -OCH3 is 1. The second kappa shape index (κ2) is 8.08. The summed E-state index contributed by atoms with van der Waals surface area (Å²) < 4.78 is 18.9. The maximum atomic E-state index is 14.0. The fourth-order valence-electron chi connectivity index (χ4n) is 3.73. The number of carboxylic acid groups (broad SMARTS) is 1. The predicted molar refractivity (Wildman–Crippen MR) is 108 cm³/mol.